The van der Waals surface area contributed by atoms with Crippen LogP contribution in [0.3, 0.4) is 0 Å². The minimum atomic E-state index is -1.11. The van der Waals surface area contributed by atoms with Crippen molar-refractivity contribution < 1.29 is 33.1 Å². The topological polar surface area (TPSA) is 104 Å². The lowest BCUT2D eigenvalue weighted by Crippen LogP contribution is -2.28. The van der Waals surface area contributed by atoms with Crippen LogP contribution in [-0.4, -0.2) is 59.6 Å². The van der Waals surface area contributed by atoms with Crippen LogP contribution in [0.4, 0.5) is 8.78 Å². The number of hydrogen-bond donors (Lipinski definition) is 2. The lowest BCUT2D eigenvalue weighted by molar-refractivity contribution is -0.117. The Labute approximate surface area is 177 Å². The molecule has 31 heavy (non-hydrogen) atoms. The van der Waals surface area contributed by atoms with Gasteiger partial charge in [-0.3, -0.25) is 14.4 Å². The molecule has 0 bridgehead atoms. The molecular weight excluding hydrogens is 410 g/mol. The van der Waals surface area contributed by atoms with Gasteiger partial charge in [0.15, 0.2) is 5.78 Å². The maximum absolute atomic E-state index is 12.9. The first-order valence-electron chi connectivity index (χ1n) is 9.54. The van der Waals surface area contributed by atoms with Crippen LogP contribution in [0.5, 0.6) is 0 Å². The second-order valence-electron chi connectivity index (χ2n) is 6.81. The Hall–Kier alpha value is -3.46. The Kier molecular flexibility index (Phi) is 8.95. The summed E-state index contributed by atoms with van der Waals surface area (Å²) in [4.78, 5) is 44.5. The standard InChI is InChI=1S/C11H10FNO2.C7H5FO2.C4H7NO/c12-9-3-1-2-8(6-9)11(15)13-5-4-10(14)7-13;8-6-3-1-2-5(4-6)7(9)10;6-4-1-2-5-3-4/h1-3,6H,4-5,7H2;1-4H,(H,9,10);5H,1-3H2. The zero-order valence-corrected chi connectivity index (χ0v) is 16.6. The zero-order chi connectivity index (χ0) is 22.8. The van der Waals surface area contributed by atoms with E-state index in [4.69, 9.17) is 5.11 Å². The van der Waals surface area contributed by atoms with E-state index < -0.39 is 17.6 Å². The summed E-state index contributed by atoms with van der Waals surface area (Å²) in [6.07, 6.45) is 1.14. The van der Waals surface area contributed by atoms with Gasteiger partial charge in [0.2, 0.25) is 0 Å². The van der Waals surface area contributed by atoms with Crippen molar-refractivity contribution in [2.75, 3.05) is 26.2 Å². The maximum atomic E-state index is 12.9. The molecule has 0 atom stereocenters. The number of carboxylic acids is 1. The van der Waals surface area contributed by atoms with Gasteiger partial charge in [0.05, 0.1) is 18.7 Å². The number of ketones is 2. The molecule has 0 unspecified atom stereocenters. The number of likely N-dealkylation sites (tertiary alicyclic amines) is 1. The molecule has 2 aliphatic heterocycles. The van der Waals surface area contributed by atoms with Gasteiger partial charge in [-0.05, 0) is 36.4 Å². The molecule has 2 saturated heterocycles. The maximum Gasteiger partial charge on any atom is 0.335 e. The van der Waals surface area contributed by atoms with Crippen LogP contribution in [0.25, 0.3) is 0 Å². The summed E-state index contributed by atoms with van der Waals surface area (Å²) in [5.74, 6) is -1.96. The third-order valence-electron chi connectivity index (χ3n) is 4.36. The van der Waals surface area contributed by atoms with Gasteiger partial charge in [0.1, 0.15) is 17.4 Å². The summed E-state index contributed by atoms with van der Waals surface area (Å²) in [5.41, 5.74) is 0.268. The van der Waals surface area contributed by atoms with Gasteiger partial charge in [-0.1, -0.05) is 12.1 Å². The fourth-order valence-electron chi connectivity index (χ4n) is 2.77. The first kappa shape index (κ1) is 23.8. The number of carbonyl (C=O) groups is 4. The molecule has 4 rings (SSSR count). The summed E-state index contributed by atoms with van der Waals surface area (Å²) >= 11 is 0. The van der Waals surface area contributed by atoms with Crippen molar-refractivity contribution in [1.29, 1.82) is 0 Å². The number of hydrogen-bond acceptors (Lipinski definition) is 5. The van der Waals surface area contributed by atoms with Gasteiger partial charge in [-0.25, -0.2) is 13.6 Å². The minimum absolute atomic E-state index is 0.0278. The Bertz CT molecular complexity index is 956. The highest BCUT2D eigenvalue weighted by atomic mass is 19.1. The van der Waals surface area contributed by atoms with Crippen LogP contribution in [0.15, 0.2) is 48.5 Å². The Balaban J connectivity index is 0.000000183. The number of nitrogens with one attached hydrogen (secondary N) is 1. The smallest absolute Gasteiger partial charge is 0.335 e. The molecule has 7 nitrogen and oxygen atoms in total. The van der Waals surface area contributed by atoms with E-state index in [2.05, 4.69) is 5.32 Å². The van der Waals surface area contributed by atoms with Crippen LogP contribution < -0.4 is 5.32 Å². The van der Waals surface area contributed by atoms with Gasteiger partial charge in [-0.15, -0.1) is 0 Å². The van der Waals surface area contributed by atoms with Crippen LogP contribution in [0, 0.1) is 11.6 Å². The normalized spacial score (nSPS) is 15.0. The van der Waals surface area contributed by atoms with Gasteiger partial charge in [-0.2, -0.15) is 0 Å². The van der Waals surface area contributed by atoms with E-state index in [0.717, 1.165) is 19.0 Å². The van der Waals surface area contributed by atoms with E-state index in [0.29, 0.717) is 30.9 Å². The van der Waals surface area contributed by atoms with Crippen LogP contribution in [0.2, 0.25) is 0 Å². The molecule has 9 heteroatoms. The van der Waals surface area contributed by atoms with Crippen molar-refractivity contribution in [3.05, 3.63) is 71.3 Å². The number of rotatable bonds is 2. The van der Waals surface area contributed by atoms with Crippen LogP contribution in [0.1, 0.15) is 33.6 Å². The largest absolute Gasteiger partial charge is 0.478 e. The van der Waals surface area contributed by atoms with E-state index >= 15 is 0 Å². The molecule has 2 fully saturated rings. The highest BCUT2D eigenvalue weighted by Crippen LogP contribution is 2.11. The number of amides is 1. The highest BCUT2D eigenvalue weighted by Gasteiger charge is 2.24. The monoisotopic (exact) mass is 432 g/mol. The fourth-order valence-corrected chi connectivity index (χ4v) is 2.77. The SMILES string of the molecule is O=C(O)c1cccc(F)c1.O=C1CCN(C(=O)c2cccc(F)c2)C1.O=C1CCNC1. The lowest BCUT2D eigenvalue weighted by atomic mass is 10.2. The van der Waals surface area contributed by atoms with Crippen molar-refractivity contribution in [2.24, 2.45) is 0 Å². The van der Waals surface area contributed by atoms with E-state index in [-0.39, 0.29) is 23.8 Å². The van der Waals surface area contributed by atoms with E-state index in [9.17, 15) is 28.0 Å². The Morgan fingerprint density at radius 2 is 1.52 bits per heavy atom. The quantitative estimate of drug-likeness (QED) is 0.755. The van der Waals surface area contributed by atoms with Crippen LogP contribution >= 0.6 is 0 Å². The van der Waals surface area contributed by atoms with E-state index in [1.54, 1.807) is 6.07 Å². The third kappa shape index (κ3) is 8.06. The first-order chi connectivity index (χ1) is 14.8. The van der Waals surface area contributed by atoms with Crippen LogP contribution in [-0.2, 0) is 9.59 Å². The number of Topliss-reactive ketones (excluding diaryl/α,β-unsaturated/α-hetero) is 2. The number of carboxylic acid groups (broad SMARTS) is 1. The van der Waals surface area contributed by atoms with Gasteiger partial charge < -0.3 is 15.3 Å². The average molecular weight is 432 g/mol. The van der Waals surface area contributed by atoms with Crippen molar-refractivity contribution in [3.8, 4) is 0 Å². The molecular formula is C22H22F2N2O5. The molecule has 0 saturated carbocycles. The third-order valence-corrected chi connectivity index (χ3v) is 4.36. The molecule has 2 aliphatic rings. The van der Waals surface area contributed by atoms with Crippen molar-refractivity contribution in [2.45, 2.75) is 12.8 Å². The molecule has 1 amide bonds. The summed E-state index contributed by atoms with van der Waals surface area (Å²) < 4.78 is 25.1. The number of halogens is 2. The lowest BCUT2D eigenvalue weighted by Gasteiger charge is -2.13. The van der Waals surface area contributed by atoms with Crippen molar-refractivity contribution in [1.82, 2.24) is 10.2 Å². The predicted octanol–water partition coefficient (Wildman–Crippen LogP) is 2.31. The number of nitrogens with zero attached hydrogens (tertiary/aromatic N) is 1. The minimum Gasteiger partial charge on any atom is -0.478 e. The van der Waals surface area contributed by atoms with Crippen molar-refractivity contribution >= 4 is 23.4 Å². The van der Waals surface area contributed by atoms with Crippen molar-refractivity contribution in [3.63, 3.8) is 0 Å². The number of benzene rings is 2. The second-order valence-corrected chi connectivity index (χ2v) is 6.81. The molecule has 164 valence electrons. The molecule has 0 aliphatic carbocycles. The Morgan fingerprint density at radius 3 is 1.90 bits per heavy atom. The summed E-state index contributed by atoms with van der Waals surface area (Å²) in [7, 11) is 0. The number of aromatic carboxylic acids is 1. The molecule has 0 aromatic heterocycles. The predicted molar refractivity (Wildman–Crippen MR) is 108 cm³/mol. The molecule has 0 spiro atoms. The van der Waals surface area contributed by atoms with E-state index in [1.807, 2.05) is 0 Å². The second kappa shape index (κ2) is 11.7. The fraction of sp³-hybridized carbons (Fsp3) is 0.273. The molecule has 2 aromatic rings. The van der Waals surface area contributed by atoms with Gasteiger partial charge >= 0.3 is 5.97 Å². The zero-order valence-electron chi connectivity index (χ0n) is 16.6. The molecule has 2 aromatic carbocycles. The highest BCUT2D eigenvalue weighted by molar-refractivity contribution is 5.98. The molecule has 0 radical (unpaired) electrons. The molecule has 2 N–H and O–H groups in total. The van der Waals surface area contributed by atoms with Gasteiger partial charge in [0, 0.05) is 31.5 Å². The summed E-state index contributed by atoms with van der Waals surface area (Å²) in [5, 5.41) is 11.3. The molecule has 2 heterocycles. The van der Waals surface area contributed by atoms with Gasteiger partial charge in [0.25, 0.3) is 5.91 Å². The van der Waals surface area contributed by atoms with E-state index in [1.165, 1.54) is 41.3 Å². The summed E-state index contributed by atoms with van der Waals surface area (Å²) in [6.45, 7) is 2.07. The number of carbonyl (C=O) groups excluding carboxylic acids is 3. The summed E-state index contributed by atoms with van der Waals surface area (Å²) in [6, 6.07) is 10.4. The Morgan fingerprint density at radius 1 is 0.903 bits per heavy atom. The first-order valence-corrected chi connectivity index (χ1v) is 9.54. The average Bonchev–Trinajstić information content (AvgIpc) is 3.39.